The molecule has 5 rings (SSSR count). The predicted molar refractivity (Wildman–Crippen MR) is 118 cm³/mol. The van der Waals surface area contributed by atoms with E-state index in [1.165, 1.54) is 17.5 Å². The normalized spacial score (nSPS) is 35.9. The van der Waals surface area contributed by atoms with E-state index in [4.69, 9.17) is 5.73 Å². The van der Waals surface area contributed by atoms with Crippen LogP contribution < -0.4 is 5.73 Å². The molecule has 4 N–H and O–H groups in total. The SMILES string of the molecule is C[C@]12CC[C@@H]3c4ccc(O)cc4CC[C@H]3[C@@H]1CC[C@@]2(O)/C=C\c1ccc(N)cc1. The number of hydrogen-bond donors (Lipinski definition) is 3. The molecule has 2 fully saturated rings. The van der Waals surface area contributed by atoms with E-state index >= 15 is 0 Å². The van der Waals surface area contributed by atoms with Gasteiger partial charge >= 0.3 is 0 Å². The molecule has 2 aromatic rings. The molecule has 29 heavy (non-hydrogen) atoms. The van der Waals surface area contributed by atoms with Crippen LogP contribution in [0, 0.1) is 17.3 Å². The van der Waals surface area contributed by atoms with Crippen LogP contribution in [0.5, 0.6) is 5.75 Å². The maximum atomic E-state index is 11.7. The Hall–Kier alpha value is -2.26. The average Bonchev–Trinajstić information content (AvgIpc) is 2.98. The Morgan fingerprint density at radius 2 is 1.83 bits per heavy atom. The van der Waals surface area contributed by atoms with Gasteiger partial charge in [-0.2, -0.15) is 0 Å². The van der Waals surface area contributed by atoms with Crippen LogP contribution in [0.1, 0.15) is 61.6 Å². The van der Waals surface area contributed by atoms with Crippen LogP contribution in [0.3, 0.4) is 0 Å². The lowest BCUT2D eigenvalue weighted by molar-refractivity contribution is -0.0705. The highest BCUT2D eigenvalue weighted by molar-refractivity contribution is 5.55. The Morgan fingerprint density at radius 3 is 2.62 bits per heavy atom. The third-order valence-corrected chi connectivity index (χ3v) is 8.41. The van der Waals surface area contributed by atoms with Crippen molar-refractivity contribution in [3.8, 4) is 5.75 Å². The number of aryl methyl sites for hydroxylation is 1. The van der Waals surface area contributed by atoms with Crippen LogP contribution in [0.4, 0.5) is 5.69 Å². The summed E-state index contributed by atoms with van der Waals surface area (Å²) in [5.74, 6) is 2.13. The summed E-state index contributed by atoms with van der Waals surface area (Å²) in [6.07, 6.45) is 10.4. The molecule has 0 aromatic heterocycles. The van der Waals surface area contributed by atoms with E-state index in [-0.39, 0.29) is 5.41 Å². The quantitative estimate of drug-likeness (QED) is 0.613. The number of nitrogens with two attached hydrogens (primary N) is 1. The minimum atomic E-state index is -0.751. The van der Waals surface area contributed by atoms with Gasteiger partial charge in [0, 0.05) is 11.1 Å². The molecule has 5 atom stereocenters. The number of benzene rings is 2. The van der Waals surface area contributed by atoms with Gasteiger partial charge in [0.25, 0.3) is 0 Å². The number of phenolic OH excluding ortho intramolecular Hbond substituents is 1. The van der Waals surface area contributed by atoms with Crippen LogP contribution in [0.2, 0.25) is 0 Å². The number of rotatable bonds is 2. The zero-order valence-electron chi connectivity index (χ0n) is 17.1. The van der Waals surface area contributed by atoms with Crippen molar-refractivity contribution in [1.82, 2.24) is 0 Å². The second-order valence-electron chi connectivity index (χ2n) is 9.72. The van der Waals surface area contributed by atoms with Crippen LogP contribution in [0.25, 0.3) is 6.08 Å². The first-order chi connectivity index (χ1) is 13.9. The highest BCUT2D eigenvalue weighted by atomic mass is 16.3. The molecule has 3 heteroatoms. The molecule has 0 bridgehead atoms. The van der Waals surface area contributed by atoms with Crippen LogP contribution in [-0.2, 0) is 6.42 Å². The van der Waals surface area contributed by atoms with Gasteiger partial charge in [-0.25, -0.2) is 0 Å². The molecule has 3 nitrogen and oxygen atoms in total. The average molecular weight is 390 g/mol. The molecular weight excluding hydrogens is 358 g/mol. The highest BCUT2D eigenvalue weighted by Gasteiger charge is 2.60. The van der Waals surface area contributed by atoms with E-state index in [0.29, 0.717) is 23.5 Å². The smallest absolute Gasteiger partial charge is 0.115 e. The predicted octanol–water partition coefficient (Wildman–Crippen LogP) is 5.28. The van der Waals surface area contributed by atoms with Gasteiger partial charge in [-0.15, -0.1) is 0 Å². The molecule has 0 radical (unpaired) electrons. The van der Waals surface area contributed by atoms with Gasteiger partial charge in [0.15, 0.2) is 0 Å². The second-order valence-corrected chi connectivity index (χ2v) is 9.72. The van der Waals surface area contributed by atoms with E-state index in [0.717, 1.165) is 43.4 Å². The number of hydrogen-bond acceptors (Lipinski definition) is 3. The molecule has 2 aromatic carbocycles. The fraction of sp³-hybridized carbons (Fsp3) is 0.462. The third-order valence-electron chi connectivity index (χ3n) is 8.41. The molecule has 0 saturated heterocycles. The van der Waals surface area contributed by atoms with Gasteiger partial charge in [0.1, 0.15) is 5.75 Å². The molecule has 0 aliphatic heterocycles. The van der Waals surface area contributed by atoms with Crippen molar-refractivity contribution >= 4 is 11.8 Å². The van der Waals surface area contributed by atoms with Crippen molar-refractivity contribution in [1.29, 1.82) is 0 Å². The third kappa shape index (κ3) is 2.90. The summed E-state index contributed by atoms with van der Waals surface area (Å²) in [6, 6.07) is 13.8. The molecule has 3 aliphatic carbocycles. The number of nitrogen functional groups attached to an aromatic ring is 1. The zero-order chi connectivity index (χ0) is 20.2. The molecule has 0 heterocycles. The maximum absolute atomic E-state index is 11.7. The Bertz CT molecular complexity index is 950. The van der Waals surface area contributed by atoms with Crippen molar-refractivity contribution in [3.63, 3.8) is 0 Å². The lowest BCUT2D eigenvalue weighted by Gasteiger charge is -2.52. The molecular formula is C26H31NO2. The van der Waals surface area contributed by atoms with E-state index in [1.54, 1.807) is 0 Å². The van der Waals surface area contributed by atoms with Gasteiger partial charge in [-0.3, -0.25) is 0 Å². The number of aliphatic hydroxyl groups is 1. The van der Waals surface area contributed by atoms with E-state index in [1.807, 2.05) is 36.4 Å². The molecule has 0 spiro atoms. The number of anilines is 1. The summed E-state index contributed by atoms with van der Waals surface area (Å²) >= 11 is 0. The van der Waals surface area contributed by atoms with Gasteiger partial charge in [-0.05, 0) is 97.2 Å². The molecule has 0 unspecified atom stereocenters. The standard InChI is InChI=1S/C26H31NO2/c1-25-13-11-22-21-9-7-20(28)16-18(21)4-8-23(22)24(25)12-15-26(25,29)14-10-17-2-5-19(27)6-3-17/h2-3,5-7,9-10,14,16,22-24,28-29H,4,8,11-13,15,27H2,1H3/b14-10-/t22-,23-,24+,25+,26+/m1/s1. The van der Waals surface area contributed by atoms with Gasteiger partial charge in [-0.1, -0.05) is 37.3 Å². The Labute approximate surface area is 173 Å². The minimum Gasteiger partial charge on any atom is -0.508 e. The number of aromatic hydroxyl groups is 1. The maximum Gasteiger partial charge on any atom is 0.115 e. The van der Waals surface area contributed by atoms with Crippen LogP contribution in [0.15, 0.2) is 48.5 Å². The van der Waals surface area contributed by atoms with E-state index in [2.05, 4.69) is 25.1 Å². The van der Waals surface area contributed by atoms with Gasteiger partial charge < -0.3 is 15.9 Å². The second kappa shape index (κ2) is 6.63. The summed E-state index contributed by atoms with van der Waals surface area (Å²) in [5, 5.41) is 21.6. The van der Waals surface area contributed by atoms with Gasteiger partial charge in [0.05, 0.1) is 5.60 Å². The molecule has 2 saturated carbocycles. The number of fused-ring (bicyclic) bond motifs is 5. The van der Waals surface area contributed by atoms with E-state index < -0.39 is 5.60 Å². The summed E-state index contributed by atoms with van der Waals surface area (Å²) in [5.41, 5.74) is 9.58. The fourth-order valence-corrected chi connectivity index (χ4v) is 6.73. The largest absolute Gasteiger partial charge is 0.508 e. The molecule has 152 valence electrons. The summed E-state index contributed by atoms with van der Waals surface area (Å²) < 4.78 is 0. The first-order valence-electron chi connectivity index (χ1n) is 11.0. The van der Waals surface area contributed by atoms with Crippen molar-refractivity contribution in [2.75, 3.05) is 5.73 Å². The number of phenols is 1. The summed E-state index contributed by atoms with van der Waals surface area (Å²) in [6.45, 7) is 2.32. The van der Waals surface area contributed by atoms with Gasteiger partial charge in [0.2, 0.25) is 0 Å². The highest BCUT2D eigenvalue weighted by Crippen LogP contribution is 2.64. The monoisotopic (exact) mass is 389 g/mol. The fourth-order valence-electron chi connectivity index (χ4n) is 6.73. The molecule has 3 aliphatic rings. The Morgan fingerprint density at radius 1 is 1.03 bits per heavy atom. The first-order valence-corrected chi connectivity index (χ1v) is 11.0. The summed E-state index contributed by atoms with van der Waals surface area (Å²) in [7, 11) is 0. The van der Waals surface area contributed by atoms with Crippen molar-refractivity contribution in [3.05, 3.63) is 65.2 Å². The topological polar surface area (TPSA) is 66.5 Å². The van der Waals surface area contributed by atoms with Crippen LogP contribution in [-0.4, -0.2) is 15.8 Å². The minimum absolute atomic E-state index is 0.0765. The van der Waals surface area contributed by atoms with Crippen LogP contribution >= 0.6 is 0 Å². The molecule has 0 amide bonds. The summed E-state index contributed by atoms with van der Waals surface area (Å²) in [4.78, 5) is 0. The van der Waals surface area contributed by atoms with Crippen molar-refractivity contribution in [2.24, 2.45) is 17.3 Å². The lowest BCUT2D eigenvalue weighted by Crippen LogP contribution is -2.49. The van der Waals surface area contributed by atoms with Crippen molar-refractivity contribution in [2.45, 2.75) is 57.0 Å². The van der Waals surface area contributed by atoms with E-state index in [9.17, 15) is 10.2 Å². The Kier molecular flexibility index (Phi) is 4.29. The Balaban J connectivity index is 1.42. The zero-order valence-corrected chi connectivity index (χ0v) is 17.1. The van der Waals surface area contributed by atoms with Crippen molar-refractivity contribution < 1.29 is 10.2 Å². The lowest BCUT2D eigenvalue weighted by atomic mass is 9.53. The first kappa shape index (κ1) is 18.7.